The maximum atomic E-state index is 12.4. The Bertz CT molecular complexity index is 427. The first-order chi connectivity index (χ1) is 8.54. The molecule has 1 aromatic heterocycles. The van der Waals surface area contributed by atoms with Gasteiger partial charge < -0.3 is 19.9 Å². The molecule has 1 amide bonds. The van der Waals surface area contributed by atoms with Crippen LogP contribution in [0.5, 0.6) is 0 Å². The fourth-order valence-electron chi connectivity index (χ4n) is 2.11. The van der Waals surface area contributed by atoms with Gasteiger partial charge in [-0.3, -0.25) is 4.79 Å². The lowest BCUT2D eigenvalue weighted by Crippen LogP contribution is -2.55. The number of nitrogens with two attached hydrogens (primary N) is 1. The summed E-state index contributed by atoms with van der Waals surface area (Å²) in [5.74, 6) is -0.0425. The SMILES string of the molecule is CC1(C)COCCN1C(=O)c1cn(CCN)cn1. The third kappa shape index (κ3) is 2.54. The lowest BCUT2D eigenvalue weighted by Gasteiger charge is -2.41. The number of nitrogens with zero attached hydrogens (tertiary/aromatic N) is 3. The number of ether oxygens (including phenoxy) is 1. The van der Waals surface area contributed by atoms with Crippen LogP contribution < -0.4 is 5.73 Å². The molecule has 0 unspecified atom stereocenters. The minimum Gasteiger partial charge on any atom is -0.377 e. The first-order valence-electron chi connectivity index (χ1n) is 6.16. The summed E-state index contributed by atoms with van der Waals surface area (Å²) in [4.78, 5) is 18.4. The predicted molar refractivity (Wildman–Crippen MR) is 67.2 cm³/mol. The predicted octanol–water partition coefficient (Wildman–Crippen LogP) is 0.0928. The van der Waals surface area contributed by atoms with Crippen LogP contribution in [0.15, 0.2) is 12.5 Å². The fraction of sp³-hybridized carbons (Fsp3) is 0.667. The van der Waals surface area contributed by atoms with Gasteiger partial charge in [0, 0.05) is 25.8 Å². The van der Waals surface area contributed by atoms with Gasteiger partial charge in [0.1, 0.15) is 5.69 Å². The third-order valence-corrected chi connectivity index (χ3v) is 3.13. The Morgan fingerprint density at radius 2 is 2.39 bits per heavy atom. The Hall–Kier alpha value is -1.40. The van der Waals surface area contributed by atoms with E-state index >= 15 is 0 Å². The molecule has 6 heteroatoms. The molecule has 0 aliphatic carbocycles. The van der Waals surface area contributed by atoms with Crippen molar-refractivity contribution in [3.63, 3.8) is 0 Å². The molecule has 1 saturated heterocycles. The van der Waals surface area contributed by atoms with E-state index in [9.17, 15) is 4.79 Å². The summed E-state index contributed by atoms with van der Waals surface area (Å²) in [7, 11) is 0. The van der Waals surface area contributed by atoms with Gasteiger partial charge in [-0.1, -0.05) is 0 Å². The summed E-state index contributed by atoms with van der Waals surface area (Å²) >= 11 is 0. The average molecular weight is 252 g/mol. The van der Waals surface area contributed by atoms with Crippen LogP contribution in [0.3, 0.4) is 0 Å². The summed E-state index contributed by atoms with van der Waals surface area (Å²) in [6.07, 6.45) is 3.40. The standard InChI is InChI=1S/C12H20N4O2/c1-12(2)8-18-6-5-16(12)11(17)10-7-15(4-3-13)9-14-10/h7,9H,3-6,8,13H2,1-2H3. The van der Waals surface area contributed by atoms with Gasteiger partial charge in [-0.25, -0.2) is 4.98 Å². The Balaban J connectivity index is 2.14. The van der Waals surface area contributed by atoms with Crippen molar-refractivity contribution in [3.8, 4) is 0 Å². The van der Waals surface area contributed by atoms with Crippen molar-refractivity contribution < 1.29 is 9.53 Å². The Kier molecular flexibility index (Phi) is 3.68. The Morgan fingerprint density at radius 3 is 3.06 bits per heavy atom. The molecule has 2 heterocycles. The second-order valence-electron chi connectivity index (χ2n) is 5.11. The molecule has 6 nitrogen and oxygen atoms in total. The topological polar surface area (TPSA) is 73.4 Å². The minimum absolute atomic E-state index is 0.0425. The number of amides is 1. The van der Waals surface area contributed by atoms with Crippen LogP contribution in [0.2, 0.25) is 0 Å². The average Bonchev–Trinajstić information content (AvgIpc) is 2.77. The maximum absolute atomic E-state index is 12.4. The van der Waals surface area contributed by atoms with E-state index in [0.717, 1.165) is 0 Å². The number of imidazole rings is 1. The lowest BCUT2D eigenvalue weighted by atomic mass is 10.0. The molecule has 0 spiro atoms. The largest absolute Gasteiger partial charge is 0.377 e. The fourth-order valence-corrected chi connectivity index (χ4v) is 2.11. The van der Waals surface area contributed by atoms with E-state index in [1.54, 1.807) is 12.5 Å². The van der Waals surface area contributed by atoms with Crippen molar-refractivity contribution in [1.29, 1.82) is 0 Å². The molecule has 100 valence electrons. The zero-order valence-electron chi connectivity index (χ0n) is 10.9. The summed E-state index contributed by atoms with van der Waals surface area (Å²) < 4.78 is 7.24. The molecule has 0 aromatic carbocycles. The Labute approximate surface area is 107 Å². The lowest BCUT2D eigenvalue weighted by molar-refractivity contribution is -0.0373. The smallest absolute Gasteiger partial charge is 0.274 e. The van der Waals surface area contributed by atoms with Crippen LogP contribution in [0.25, 0.3) is 0 Å². The highest BCUT2D eigenvalue weighted by Gasteiger charge is 2.35. The van der Waals surface area contributed by atoms with Crippen molar-refractivity contribution in [1.82, 2.24) is 14.5 Å². The molecule has 1 aromatic rings. The quantitative estimate of drug-likeness (QED) is 0.827. The summed E-state index contributed by atoms with van der Waals surface area (Å²) in [5, 5.41) is 0. The van der Waals surface area contributed by atoms with Crippen molar-refractivity contribution in [2.45, 2.75) is 25.9 Å². The minimum atomic E-state index is -0.285. The highest BCUT2D eigenvalue weighted by molar-refractivity contribution is 5.92. The van der Waals surface area contributed by atoms with Crippen molar-refractivity contribution in [3.05, 3.63) is 18.2 Å². The van der Waals surface area contributed by atoms with Crippen LogP contribution in [0.1, 0.15) is 24.3 Å². The van der Waals surface area contributed by atoms with E-state index < -0.39 is 0 Å². The van der Waals surface area contributed by atoms with E-state index in [-0.39, 0.29) is 11.4 Å². The summed E-state index contributed by atoms with van der Waals surface area (Å²) in [6.45, 7) is 6.96. The van der Waals surface area contributed by atoms with Crippen molar-refractivity contribution in [2.75, 3.05) is 26.3 Å². The monoisotopic (exact) mass is 252 g/mol. The number of rotatable bonds is 3. The molecular weight excluding hydrogens is 232 g/mol. The van der Waals surface area contributed by atoms with E-state index in [2.05, 4.69) is 4.98 Å². The second kappa shape index (κ2) is 5.07. The maximum Gasteiger partial charge on any atom is 0.274 e. The molecule has 2 N–H and O–H groups in total. The number of carbonyl (C=O) groups excluding carboxylic acids is 1. The van der Waals surface area contributed by atoms with Crippen molar-refractivity contribution in [2.24, 2.45) is 5.73 Å². The number of morpholine rings is 1. The summed E-state index contributed by atoms with van der Waals surface area (Å²) in [5.41, 5.74) is 5.66. The van der Waals surface area contributed by atoms with Gasteiger partial charge in [-0.2, -0.15) is 0 Å². The number of hydrogen-bond acceptors (Lipinski definition) is 4. The molecule has 1 aliphatic heterocycles. The zero-order valence-corrected chi connectivity index (χ0v) is 10.9. The van der Waals surface area contributed by atoms with E-state index in [1.807, 2.05) is 23.3 Å². The third-order valence-electron chi connectivity index (χ3n) is 3.13. The van der Waals surface area contributed by atoms with Gasteiger partial charge in [0.2, 0.25) is 0 Å². The van der Waals surface area contributed by atoms with Crippen LogP contribution in [-0.4, -0.2) is 52.2 Å². The first kappa shape index (κ1) is 13.0. The molecule has 18 heavy (non-hydrogen) atoms. The van der Waals surface area contributed by atoms with Gasteiger partial charge >= 0.3 is 0 Å². The second-order valence-corrected chi connectivity index (χ2v) is 5.11. The van der Waals surface area contributed by atoms with Crippen molar-refractivity contribution >= 4 is 5.91 Å². The zero-order chi connectivity index (χ0) is 13.2. The van der Waals surface area contributed by atoms with Gasteiger partial charge in [-0.05, 0) is 13.8 Å². The molecule has 1 fully saturated rings. The molecular formula is C12H20N4O2. The van der Waals surface area contributed by atoms with E-state index in [1.165, 1.54) is 0 Å². The van der Waals surface area contributed by atoms with Crippen LogP contribution >= 0.6 is 0 Å². The Morgan fingerprint density at radius 1 is 1.61 bits per heavy atom. The van der Waals surface area contributed by atoms with Crippen LogP contribution in [-0.2, 0) is 11.3 Å². The molecule has 0 radical (unpaired) electrons. The molecule has 0 saturated carbocycles. The number of hydrogen-bond donors (Lipinski definition) is 1. The molecule has 0 atom stereocenters. The molecule has 1 aliphatic rings. The van der Waals surface area contributed by atoms with E-state index in [0.29, 0.717) is 38.5 Å². The van der Waals surface area contributed by atoms with Gasteiger partial charge in [-0.15, -0.1) is 0 Å². The summed E-state index contributed by atoms with van der Waals surface area (Å²) in [6, 6.07) is 0. The molecule has 2 rings (SSSR count). The number of carbonyl (C=O) groups is 1. The molecule has 0 bridgehead atoms. The number of aromatic nitrogens is 2. The van der Waals surface area contributed by atoms with Crippen LogP contribution in [0.4, 0.5) is 0 Å². The van der Waals surface area contributed by atoms with Gasteiger partial charge in [0.05, 0.1) is 25.1 Å². The first-order valence-corrected chi connectivity index (χ1v) is 6.16. The van der Waals surface area contributed by atoms with Crippen LogP contribution in [0, 0.1) is 0 Å². The normalized spacial score (nSPS) is 18.9. The highest BCUT2D eigenvalue weighted by atomic mass is 16.5. The van der Waals surface area contributed by atoms with Gasteiger partial charge in [0.15, 0.2) is 0 Å². The highest BCUT2D eigenvalue weighted by Crippen LogP contribution is 2.21. The van der Waals surface area contributed by atoms with E-state index in [4.69, 9.17) is 10.5 Å². The van der Waals surface area contributed by atoms with Gasteiger partial charge in [0.25, 0.3) is 5.91 Å².